The molecule has 0 radical (unpaired) electrons. The summed E-state index contributed by atoms with van der Waals surface area (Å²) in [6.07, 6.45) is 8.11. The molecule has 3 heterocycles. The Morgan fingerprint density at radius 3 is 2.60 bits per heavy atom. The highest BCUT2D eigenvalue weighted by Gasteiger charge is 2.22. The Bertz CT molecular complexity index is 1130. The number of nitrogens with one attached hydrogen (secondary N) is 1. The predicted octanol–water partition coefficient (Wildman–Crippen LogP) is 3.12. The van der Waals surface area contributed by atoms with Crippen LogP contribution in [0.4, 0.5) is 17.2 Å². The number of rotatable bonds is 5. The molecule has 1 aromatic carbocycles. The van der Waals surface area contributed by atoms with Gasteiger partial charge in [0.05, 0.1) is 41.9 Å². The van der Waals surface area contributed by atoms with Crippen molar-refractivity contribution in [2.75, 3.05) is 16.8 Å². The first-order valence-corrected chi connectivity index (χ1v) is 9.69. The number of primary amides is 1. The minimum atomic E-state index is -0.445. The van der Waals surface area contributed by atoms with Gasteiger partial charge in [-0.05, 0) is 43.5 Å². The van der Waals surface area contributed by atoms with E-state index >= 15 is 0 Å². The van der Waals surface area contributed by atoms with Crippen molar-refractivity contribution in [3.63, 3.8) is 0 Å². The highest BCUT2D eigenvalue weighted by atomic mass is 16.2. The molecule has 3 aromatic rings. The first-order valence-electron chi connectivity index (χ1n) is 9.69. The van der Waals surface area contributed by atoms with Crippen LogP contribution in [-0.2, 0) is 4.79 Å². The Morgan fingerprint density at radius 2 is 1.93 bits per heavy atom. The van der Waals surface area contributed by atoms with Crippen LogP contribution in [0.1, 0.15) is 34.3 Å². The highest BCUT2D eigenvalue weighted by molar-refractivity contribution is 5.96. The van der Waals surface area contributed by atoms with Gasteiger partial charge in [0.1, 0.15) is 5.82 Å². The fourth-order valence-corrected chi connectivity index (χ4v) is 3.61. The van der Waals surface area contributed by atoms with Crippen molar-refractivity contribution in [2.24, 2.45) is 5.73 Å². The molecule has 0 aliphatic carbocycles. The van der Waals surface area contributed by atoms with Crippen molar-refractivity contribution in [1.29, 1.82) is 0 Å². The third-order valence-electron chi connectivity index (χ3n) is 5.36. The number of amides is 2. The van der Waals surface area contributed by atoms with Gasteiger partial charge in [-0.25, -0.2) is 4.98 Å². The summed E-state index contributed by atoms with van der Waals surface area (Å²) in [5.41, 5.74) is 10.8. The summed E-state index contributed by atoms with van der Waals surface area (Å²) in [7, 11) is 0. The van der Waals surface area contributed by atoms with Gasteiger partial charge in [0.15, 0.2) is 0 Å². The van der Waals surface area contributed by atoms with E-state index in [-0.39, 0.29) is 5.91 Å². The van der Waals surface area contributed by atoms with Gasteiger partial charge >= 0.3 is 0 Å². The van der Waals surface area contributed by atoms with Crippen molar-refractivity contribution in [3.8, 4) is 11.3 Å². The van der Waals surface area contributed by atoms with E-state index in [1.807, 2.05) is 26.0 Å². The van der Waals surface area contributed by atoms with Crippen LogP contribution in [0.3, 0.4) is 0 Å². The van der Waals surface area contributed by atoms with E-state index in [9.17, 15) is 9.59 Å². The molecule has 0 unspecified atom stereocenters. The normalized spacial score (nSPS) is 13.5. The molecule has 0 saturated carbocycles. The molecular formula is C22H22N6O2. The lowest BCUT2D eigenvalue weighted by Crippen LogP contribution is -2.23. The number of anilines is 3. The SMILES string of the molecule is Cc1c(C(N)=O)ccc(-c2cnc(Nc3cncc(N4CCCC4=O)c3)cn2)c1C. The topological polar surface area (TPSA) is 114 Å². The van der Waals surface area contributed by atoms with Crippen molar-refractivity contribution < 1.29 is 9.59 Å². The Morgan fingerprint density at radius 1 is 1.10 bits per heavy atom. The van der Waals surface area contributed by atoms with Crippen molar-refractivity contribution >= 4 is 29.0 Å². The maximum absolute atomic E-state index is 12.0. The molecule has 3 N–H and O–H groups in total. The molecule has 2 amide bonds. The van der Waals surface area contributed by atoms with Gasteiger partial charge in [-0.1, -0.05) is 6.07 Å². The number of pyridine rings is 1. The Kier molecular flexibility index (Phi) is 5.14. The lowest BCUT2D eigenvalue weighted by atomic mass is 9.96. The first kappa shape index (κ1) is 19.5. The number of hydrogen-bond donors (Lipinski definition) is 2. The van der Waals surface area contributed by atoms with E-state index in [2.05, 4.69) is 20.3 Å². The largest absolute Gasteiger partial charge is 0.366 e. The van der Waals surface area contributed by atoms with E-state index in [0.29, 0.717) is 30.0 Å². The van der Waals surface area contributed by atoms with Crippen LogP contribution < -0.4 is 16.0 Å². The average Bonchev–Trinajstić information content (AvgIpc) is 3.17. The summed E-state index contributed by atoms with van der Waals surface area (Å²) in [5.74, 6) is 0.235. The van der Waals surface area contributed by atoms with Gasteiger partial charge < -0.3 is 16.0 Å². The van der Waals surface area contributed by atoms with Crippen LogP contribution in [0.15, 0.2) is 43.0 Å². The standard InChI is InChI=1S/C22H22N6O2/c1-13-14(2)18(22(23)30)6-5-17(13)19-11-26-20(12-25-19)27-15-8-16(10-24-9-15)28-7-3-4-21(28)29/h5-6,8-12H,3-4,7H2,1-2H3,(H2,23,30)(H,26,27). The molecule has 2 aromatic heterocycles. The maximum Gasteiger partial charge on any atom is 0.248 e. The maximum atomic E-state index is 12.0. The lowest BCUT2D eigenvalue weighted by molar-refractivity contribution is -0.117. The second-order valence-electron chi connectivity index (χ2n) is 7.27. The van der Waals surface area contributed by atoms with E-state index in [1.165, 1.54) is 0 Å². The molecule has 4 rings (SSSR count). The second kappa shape index (κ2) is 7.90. The third kappa shape index (κ3) is 3.71. The van der Waals surface area contributed by atoms with Gasteiger partial charge in [-0.15, -0.1) is 0 Å². The van der Waals surface area contributed by atoms with Crippen LogP contribution in [0.2, 0.25) is 0 Å². The summed E-state index contributed by atoms with van der Waals surface area (Å²) >= 11 is 0. The quantitative estimate of drug-likeness (QED) is 0.678. The summed E-state index contributed by atoms with van der Waals surface area (Å²) < 4.78 is 0. The van der Waals surface area contributed by atoms with Crippen LogP contribution in [0.5, 0.6) is 0 Å². The number of nitrogens with two attached hydrogens (primary N) is 1. The molecule has 1 fully saturated rings. The molecule has 0 bridgehead atoms. The van der Waals surface area contributed by atoms with Gasteiger partial charge in [-0.2, -0.15) is 0 Å². The van der Waals surface area contributed by atoms with Crippen LogP contribution in [0.25, 0.3) is 11.3 Å². The number of carbonyl (C=O) groups excluding carboxylic acids is 2. The Labute approximate surface area is 174 Å². The average molecular weight is 402 g/mol. The summed E-state index contributed by atoms with van der Waals surface area (Å²) in [4.78, 5) is 38.4. The number of nitrogens with zero attached hydrogens (tertiary/aromatic N) is 4. The van der Waals surface area contributed by atoms with Gasteiger partial charge in [0.2, 0.25) is 11.8 Å². The zero-order valence-electron chi connectivity index (χ0n) is 16.8. The molecular weight excluding hydrogens is 380 g/mol. The Hall–Kier alpha value is -3.81. The predicted molar refractivity (Wildman–Crippen MR) is 115 cm³/mol. The van der Waals surface area contributed by atoms with Gasteiger partial charge in [0, 0.05) is 24.1 Å². The smallest absolute Gasteiger partial charge is 0.248 e. The first-order chi connectivity index (χ1) is 14.4. The van der Waals surface area contributed by atoms with Crippen LogP contribution >= 0.6 is 0 Å². The summed E-state index contributed by atoms with van der Waals surface area (Å²) in [6.45, 7) is 4.51. The molecule has 0 atom stereocenters. The molecule has 1 aliphatic rings. The number of carbonyl (C=O) groups is 2. The fraction of sp³-hybridized carbons (Fsp3) is 0.227. The molecule has 30 heavy (non-hydrogen) atoms. The monoisotopic (exact) mass is 402 g/mol. The van der Waals surface area contributed by atoms with E-state index in [4.69, 9.17) is 5.73 Å². The second-order valence-corrected chi connectivity index (χ2v) is 7.27. The van der Waals surface area contributed by atoms with E-state index in [1.54, 1.807) is 35.8 Å². The molecule has 8 nitrogen and oxygen atoms in total. The minimum absolute atomic E-state index is 0.117. The fourth-order valence-electron chi connectivity index (χ4n) is 3.61. The van der Waals surface area contributed by atoms with Crippen LogP contribution in [0, 0.1) is 13.8 Å². The third-order valence-corrected chi connectivity index (χ3v) is 5.36. The van der Waals surface area contributed by atoms with Gasteiger partial charge in [0.25, 0.3) is 0 Å². The summed E-state index contributed by atoms with van der Waals surface area (Å²) in [6, 6.07) is 5.42. The highest BCUT2D eigenvalue weighted by Crippen LogP contribution is 2.27. The van der Waals surface area contributed by atoms with Crippen LogP contribution in [-0.4, -0.2) is 33.3 Å². The molecule has 0 spiro atoms. The number of aromatic nitrogens is 3. The van der Waals surface area contributed by atoms with E-state index in [0.717, 1.165) is 34.5 Å². The molecule has 152 valence electrons. The zero-order valence-corrected chi connectivity index (χ0v) is 16.8. The zero-order chi connectivity index (χ0) is 21.3. The van der Waals surface area contributed by atoms with Crippen molar-refractivity contribution in [1.82, 2.24) is 15.0 Å². The molecule has 8 heteroatoms. The molecule has 1 saturated heterocycles. The Balaban J connectivity index is 1.54. The van der Waals surface area contributed by atoms with Crippen molar-refractivity contribution in [2.45, 2.75) is 26.7 Å². The summed E-state index contributed by atoms with van der Waals surface area (Å²) in [5, 5.41) is 3.18. The lowest BCUT2D eigenvalue weighted by Gasteiger charge is -2.16. The van der Waals surface area contributed by atoms with Gasteiger partial charge in [-0.3, -0.25) is 19.6 Å². The number of benzene rings is 1. The van der Waals surface area contributed by atoms with Crippen molar-refractivity contribution in [3.05, 3.63) is 59.7 Å². The van der Waals surface area contributed by atoms with E-state index < -0.39 is 5.91 Å². The molecule has 1 aliphatic heterocycles. The number of hydrogen-bond acceptors (Lipinski definition) is 6. The minimum Gasteiger partial charge on any atom is -0.366 e.